The number of benzene rings is 10. The van der Waals surface area contributed by atoms with Crippen molar-refractivity contribution in [3.63, 3.8) is 0 Å². The number of hydrogen-bond acceptors (Lipinski definition) is 2. The van der Waals surface area contributed by atoms with Crippen molar-refractivity contribution in [2.75, 3.05) is 9.80 Å². The Kier molecular flexibility index (Phi) is 8.49. The summed E-state index contributed by atoms with van der Waals surface area (Å²) in [6, 6.07) is 85.2. The van der Waals surface area contributed by atoms with Crippen LogP contribution in [0.15, 0.2) is 237 Å². The normalized spacial score (nSPS) is 11.4. The molecule has 11 rings (SSSR count). The van der Waals surface area contributed by atoms with Crippen LogP contribution in [-0.4, -0.2) is 4.57 Å². The van der Waals surface area contributed by atoms with Gasteiger partial charge in [-0.05, 0) is 107 Å². The minimum atomic E-state index is 1.10. The molecule has 0 fully saturated rings. The molecule has 0 spiro atoms. The molecule has 0 bridgehead atoms. The largest absolute Gasteiger partial charge is 0.310 e. The summed E-state index contributed by atoms with van der Waals surface area (Å²) in [6.45, 7) is 0. The molecular weight excluding hydrogens is 715 g/mol. The van der Waals surface area contributed by atoms with E-state index in [-0.39, 0.29) is 0 Å². The third-order valence-electron chi connectivity index (χ3n) is 11.5. The van der Waals surface area contributed by atoms with Gasteiger partial charge in [0.2, 0.25) is 0 Å². The SMILES string of the molecule is c1ccc(-c2ccc(N(c3ccccc3)c3ccc4c5c3ccc3c(N(c6ccccc6)c6ccc(-c7ccccc7)cc6)ccc(c35)n4-c3ccccc3)cc2)cc1. The molecule has 11 aromatic rings. The van der Waals surface area contributed by atoms with E-state index in [1.807, 2.05) is 0 Å². The van der Waals surface area contributed by atoms with E-state index in [1.54, 1.807) is 0 Å². The second kappa shape index (κ2) is 14.6. The first-order chi connectivity index (χ1) is 29.3. The van der Waals surface area contributed by atoms with Crippen LogP contribution in [0, 0.1) is 0 Å². The molecule has 59 heavy (non-hydrogen) atoms. The van der Waals surface area contributed by atoms with Gasteiger partial charge in [0.1, 0.15) is 0 Å². The van der Waals surface area contributed by atoms with Gasteiger partial charge in [0.05, 0.1) is 22.4 Å². The summed E-state index contributed by atoms with van der Waals surface area (Å²) in [5.74, 6) is 0. The molecule has 3 heteroatoms. The fourth-order valence-electron chi connectivity index (χ4n) is 8.85. The quantitative estimate of drug-likeness (QED) is 0.136. The fourth-order valence-corrected chi connectivity index (χ4v) is 8.85. The predicted octanol–water partition coefficient (Wildman–Crippen LogP) is 15.6. The lowest BCUT2D eigenvalue weighted by atomic mass is 9.97. The molecule has 10 aromatic carbocycles. The highest BCUT2D eigenvalue weighted by Gasteiger charge is 2.25. The van der Waals surface area contributed by atoms with Gasteiger partial charge in [0.25, 0.3) is 0 Å². The van der Waals surface area contributed by atoms with Crippen LogP contribution in [0.1, 0.15) is 0 Å². The minimum absolute atomic E-state index is 1.10. The summed E-state index contributed by atoms with van der Waals surface area (Å²) in [7, 11) is 0. The van der Waals surface area contributed by atoms with Gasteiger partial charge < -0.3 is 14.4 Å². The maximum absolute atomic E-state index is 2.43. The number of aromatic nitrogens is 1. The Morgan fingerprint density at radius 1 is 0.254 bits per heavy atom. The lowest BCUT2D eigenvalue weighted by molar-refractivity contribution is 1.18. The Hall–Kier alpha value is -7.88. The first-order valence-corrected chi connectivity index (χ1v) is 20.2. The third-order valence-corrected chi connectivity index (χ3v) is 11.5. The number of para-hydroxylation sites is 3. The van der Waals surface area contributed by atoms with Crippen molar-refractivity contribution >= 4 is 66.7 Å². The van der Waals surface area contributed by atoms with Gasteiger partial charge in [-0.15, -0.1) is 0 Å². The maximum atomic E-state index is 2.43. The minimum Gasteiger partial charge on any atom is -0.310 e. The molecule has 0 aliphatic heterocycles. The topological polar surface area (TPSA) is 11.4 Å². The van der Waals surface area contributed by atoms with Crippen LogP contribution in [0.25, 0.3) is 60.5 Å². The lowest BCUT2D eigenvalue weighted by Gasteiger charge is -2.28. The summed E-state index contributed by atoms with van der Waals surface area (Å²) in [5.41, 5.74) is 15.0. The van der Waals surface area contributed by atoms with Crippen LogP contribution in [0.5, 0.6) is 0 Å². The average molecular weight is 754 g/mol. The highest BCUT2D eigenvalue weighted by molar-refractivity contribution is 6.29. The van der Waals surface area contributed by atoms with E-state index < -0.39 is 0 Å². The number of nitrogens with zero attached hydrogens (tertiary/aromatic N) is 3. The van der Waals surface area contributed by atoms with Crippen molar-refractivity contribution in [2.24, 2.45) is 0 Å². The van der Waals surface area contributed by atoms with Crippen LogP contribution < -0.4 is 9.80 Å². The van der Waals surface area contributed by atoms with Crippen molar-refractivity contribution in [3.8, 4) is 27.9 Å². The van der Waals surface area contributed by atoms with E-state index in [1.165, 1.54) is 54.8 Å². The highest BCUT2D eigenvalue weighted by atomic mass is 15.2. The monoisotopic (exact) mass is 753 g/mol. The smallest absolute Gasteiger partial charge is 0.0548 e. The summed E-state index contributed by atoms with van der Waals surface area (Å²) in [5, 5.41) is 4.88. The predicted molar refractivity (Wildman–Crippen MR) is 250 cm³/mol. The maximum Gasteiger partial charge on any atom is 0.0548 e. The molecule has 0 radical (unpaired) electrons. The Labute approximate surface area is 344 Å². The van der Waals surface area contributed by atoms with E-state index in [0.29, 0.717) is 0 Å². The van der Waals surface area contributed by atoms with E-state index >= 15 is 0 Å². The van der Waals surface area contributed by atoms with Gasteiger partial charge >= 0.3 is 0 Å². The average Bonchev–Trinajstić information content (AvgIpc) is 3.66. The zero-order valence-electron chi connectivity index (χ0n) is 32.4. The van der Waals surface area contributed by atoms with Crippen LogP contribution in [-0.2, 0) is 0 Å². The molecule has 278 valence electrons. The van der Waals surface area contributed by atoms with Gasteiger partial charge in [0, 0.05) is 50.0 Å². The Bertz CT molecular complexity index is 2960. The highest BCUT2D eigenvalue weighted by Crippen LogP contribution is 2.49. The number of hydrogen-bond donors (Lipinski definition) is 0. The first kappa shape index (κ1) is 34.4. The molecule has 0 unspecified atom stereocenters. The Balaban J connectivity index is 1.14. The van der Waals surface area contributed by atoms with Crippen molar-refractivity contribution in [2.45, 2.75) is 0 Å². The standard InChI is InChI=1S/C56H39N3/c1-6-16-40(17-7-1)42-26-30-47(31-27-42)57(44-20-10-3-11-21-44)51-36-38-53-55-49(51)34-35-50-52(37-39-54(56(50)55)59(53)46-24-14-5-15-25-46)58(45-22-12-4-13-23-45)48-32-28-43(29-33-48)41-18-8-2-9-19-41/h1-39H. The zero-order chi connectivity index (χ0) is 39.1. The summed E-state index contributed by atoms with van der Waals surface area (Å²) in [4.78, 5) is 4.80. The van der Waals surface area contributed by atoms with Crippen molar-refractivity contribution in [1.29, 1.82) is 0 Å². The molecule has 3 nitrogen and oxygen atoms in total. The van der Waals surface area contributed by atoms with Gasteiger partial charge in [-0.3, -0.25) is 0 Å². The Morgan fingerprint density at radius 3 is 0.966 bits per heavy atom. The fraction of sp³-hybridized carbons (Fsp3) is 0. The van der Waals surface area contributed by atoms with Crippen LogP contribution in [0.4, 0.5) is 34.1 Å². The second-order valence-corrected chi connectivity index (χ2v) is 15.0. The van der Waals surface area contributed by atoms with E-state index in [0.717, 1.165) is 39.8 Å². The van der Waals surface area contributed by atoms with Crippen molar-refractivity contribution in [3.05, 3.63) is 237 Å². The Morgan fingerprint density at radius 2 is 0.576 bits per heavy atom. The number of rotatable bonds is 9. The van der Waals surface area contributed by atoms with E-state index in [4.69, 9.17) is 0 Å². The lowest BCUT2D eigenvalue weighted by Crippen LogP contribution is -2.11. The van der Waals surface area contributed by atoms with Crippen molar-refractivity contribution < 1.29 is 0 Å². The van der Waals surface area contributed by atoms with E-state index in [9.17, 15) is 0 Å². The van der Waals surface area contributed by atoms with E-state index in [2.05, 4.69) is 251 Å². The number of anilines is 6. The van der Waals surface area contributed by atoms with Gasteiger partial charge in [-0.25, -0.2) is 0 Å². The molecule has 0 saturated heterocycles. The van der Waals surface area contributed by atoms with Crippen LogP contribution in [0.3, 0.4) is 0 Å². The van der Waals surface area contributed by atoms with Crippen LogP contribution >= 0.6 is 0 Å². The molecule has 0 atom stereocenters. The first-order valence-electron chi connectivity index (χ1n) is 20.2. The van der Waals surface area contributed by atoms with Gasteiger partial charge in [-0.2, -0.15) is 0 Å². The molecule has 0 N–H and O–H groups in total. The molecular formula is C56H39N3. The summed E-state index contributed by atoms with van der Waals surface area (Å²) >= 11 is 0. The second-order valence-electron chi connectivity index (χ2n) is 15.0. The molecule has 0 saturated carbocycles. The zero-order valence-corrected chi connectivity index (χ0v) is 32.4. The molecule has 1 heterocycles. The molecule has 0 aliphatic rings. The molecule has 1 aromatic heterocycles. The third kappa shape index (κ3) is 6.00. The summed E-state index contributed by atoms with van der Waals surface area (Å²) in [6.07, 6.45) is 0. The summed E-state index contributed by atoms with van der Waals surface area (Å²) < 4.78 is 2.43. The molecule has 0 aliphatic carbocycles. The van der Waals surface area contributed by atoms with Crippen LogP contribution in [0.2, 0.25) is 0 Å². The molecule has 0 amide bonds. The van der Waals surface area contributed by atoms with Gasteiger partial charge in [0.15, 0.2) is 0 Å². The van der Waals surface area contributed by atoms with Gasteiger partial charge in [-0.1, -0.05) is 152 Å². The van der Waals surface area contributed by atoms with Crippen molar-refractivity contribution in [1.82, 2.24) is 4.57 Å².